The van der Waals surface area contributed by atoms with Crippen molar-refractivity contribution in [2.45, 2.75) is 59.7 Å². The first-order chi connectivity index (χ1) is 17.0. The number of carbonyl (C=O) groups is 1. The summed E-state index contributed by atoms with van der Waals surface area (Å²) >= 11 is 1.71. The Morgan fingerprint density at radius 2 is 1.86 bits per heavy atom. The van der Waals surface area contributed by atoms with Gasteiger partial charge in [0.05, 0.1) is 12.2 Å². The van der Waals surface area contributed by atoms with E-state index in [-0.39, 0.29) is 12.1 Å². The number of ether oxygens (including phenoxy) is 1. The molecule has 0 fully saturated rings. The molecule has 0 radical (unpaired) electrons. The normalized spacial score (nSPS) is 12.4. The summed E-state index contributed by atoms with van der Waals surface area (Å²) in [6.07, 6.45) is 1.48. The highest BCUT2D eigenvalue weighted by molar-refractivity contribution is 7.10. The van der Waals surface area contributed by atoms with Crippen molar-refractivity contribution < 1.29 is 9.53 Å². The highest BCUT2D eigenvalue weighted by Gasteiger charge is 2.21. The summed E-state index contributed by atoms with van der Waals surface area (Å²) in [5, 5.41) is 16.5. The molecule has 36 heavy (non-hydrogen) atoms. The van der Waals surface area contributed by atoms with Gasteiger partial charge in [0.1, 0.15) is 5.60 Å². The zero-order valence-electron chi connectivity index (χ0n) is 22.0. The van der Waals surface area contributed by atoms with Crippen LogP contribution >= 0.6 is 11.3 Å². The lowest BCUT2D eigenvalue weighted by molar-refractivity contribution is 0.0285. The lowest BCUT2D eigenvalue weighted by Crippen LogP contribution is -2.33. The van der Waals surface area contributed by atoms with Crippen molar-refractivity contribution in [3.63, 3.8) is 0 Å². The van der Waals surface area contributed by atoms with Gasteiger partial charge in [-0.25, -0.2) is 4.79 Å². The molecule has 2 aromatic carbocycles. The minimum absolute atomic E-state index is 0.0573. The molecule has 0 bridgehead atoms. The number of fused-ring (bicyclic) bond motifs is 1. The van der Waals surface area contributed by atoms with Crippen LogP contribution in [0.4, 0.5) is 10.6 Å². The van der Waals surface area contributed by atoms with Gasteiger partial charge in [0.15, 0.2) is 5.82 Å². The number of aryl methyl sites for hydroxylation is 2. The van der Waals surface area contributed by atoms with Crippen molar-refractivity contribution in [2.75, 3.05) is 12.4 Å². The van der Waals surface area contributed by atoms with Gasteiger partial charge in [0.2, 0.25) is 0 Å². The molecule has 4 rings (SSSR count). The quantitative estimate of drug-likeness (QED) is 0.295. The first kappa shape index (κ1) is 25.6. The molecule has 6 nitrogen and oxygen atoms in total. The number of nitrogens with one attached hydrogen (secondary N) is 1. The maximum atomic E-state index is 12.5. The molecule has 0 saturated heterocycles. The van der Waals surface area contributed by atoms with Crippen LogP contribution in [0.25, 0.3) is 21.9 Å². The molecule has 1 amide bonds. The second-order valence-corrected chi connectivity index (χ2v) is 11.3. The number of benzene rings is 2. The van der Waals surface area contributed by atoms with Gasteiger partial charge in [-0.1, -0.05) is 24.3 Å². The van der Waals surface area contributed by atoms with Crippen molar-refractivity contribution in [1.82, 2.24) is 15.1 Å². The van der Waals surface area contributed by atoms with E-state index in [1.54, 1.807) is 23.3 Å². The van der Waals surface area contributed by atoms with Gasteiger partial charge in [-0.15, -0.1) is 16.4 Å². The summed E-state index contributed by atoms with van der Waals surface area (Å²) in [5.74, 6) is 0.789. The third-order valence-electron chi connectivity index (χ3n) is 6.12. The zero-order valence-corrected chi connectivity index (χ0v) is 22.9. The van der Waals surface area contributed by atoms with Crippen LogP contribution in [0, 0.1) is 13.8 Å². The van der Waals surface area contributed by atoms with Crippen molar-refractivity contribution in [1.29, 1.82) is 0 Å². The van der Waals surface area contributed by atoms with Crippen molar-refractivity contribution in [2.24, 2.45) is 0 Å². The molecule has 0 aliphatic carbocycles. The molecule has 2 aromatic heterocycles. The van der Waals surface area contributed by atoms with E-state index in [9.17, 15) is 4.79 Å². The number of hydrogen-bond acceptors (Lipinski definition) is 6. The number of hydrogen-bond donors (Lipinski definition) is 1. The Morgan fingerprint density at radius 3 is 2.61 bits per heavy atom. The first-order valence-electron chi connectivity index (χ1n) is 12.1. The van der Waals surface area contributed by atoms with Gasteiger partial charge in [-0.2, -0.15) is 5.10 Å². The smallest absolute Gasteiger partial charge is 0.410 e. The van der Waals surface area contributed by atoms with Gasteiger partial charge < -0.3 is 15.0 Å². The van der Waals surface area contributed by atoms with Crippen LogP contribution in [0.5, 0.6) is 0 Å². The molecule has 188 valence electrons. The molecule has 0 spiro atoms. The number of amides is 1. The van der Waals surface area contributed by atoms with E-state index >= 15 is 0 Å². The van der Waals surface area contributed by atoms with E-state index in [1.807, 2.05) is 39.1 Å². The largest absolute Gasteiger partial charge is 0.444 e. The zero-order chi connectivity index (χ0) is 26.0. The minimum Gasteiger partial charge on any atom is -0.444 e. The van der Waals surface area contributed by atoms with Gasteiger partial charge in [-0.3, -0.25) is 0 Å². The van der Waals surface area contributed by atoms with Crippen LogP contribution in [0.15, 0.2) is 54.0 Å². The van der Waals surface area contributed by atoms with Crippen LogP contribution < -0.4 is 5.32 Å². The fourth-order valence-electron chi connectivity index (χ4n) is 4.06. The van der Waals surface area contributed by atoms with Gasteiger partial charge in [-0.05, 0) is 92.9 Å². The summed E-state index contributed by atoms with van der Waals surface area (Å²) in [5.41, 5.74) is 5.26. The fraction of sp³-hybridized carbons (Fsp3) is 0.345. The monoisotopic (exact) mass is 502 g/mol. The molecule has 2 heterocycles. The molecule has 4 aromatic rings. The highest BCUT2D eigenvalue weighted by atomic mass is 32.1. The number of nitrogens with zero attached hydrogens (tertiary/aromatic N) is 3. The van der Waals surface area contributed by atoms with E-state index in [0.29, 0.717) is 6.54 Å². The fourth-order valence-corrected chi connectivity index (χ4v) is 4.97. The second-order valence-electron chi connectivity index (χ2n) is 10.3. The molecule has 1 N–H and O–H groups in total. The van der Waals surface area contributed by atoms with Gasteiger partial charge in [0, 0.05) is 29.2 Å². The third-order valence-corrected chi connectivity index (χ3v) is 7.23. The Bertz CT molecular complexity index is 1390. The second kappa shape index (κ2) is 10.3. The van der Waals surface area contributed by atoms with Crippen LogP contribution in [-0.2, 0) is 11.3 Å². The lowest BCUT2D eigenvalue weighted by Gasteiger charge is -2.25. The van der Waals surface area contributed by atoms with Gasteiger partial charge >= 0.3 is 6.09 Å². The molecule has 1 atom stereocenters. The summed E-state index contributed by atoms with van der Waals surface area (Å²) in [7, 11) is 1.77. The van der Waals surface area contributed by atoms with Crippen molar-refractivity contribution >= 4 is 34.0 Å². The Morgan fingerprint density at radius 1 is 1.14 bits per heavy atom. The summed E-state index contributed by atoms with van der Waals surface area (Å²) < 4.78 is 5.52. The molecule has 0 saturated carbocycles. The average Bonchev–Trinajstić information content (AvgIpc) is 3.30. The van der Waals surface area contributed by atoms with E-state index in [0.717, 1.165) is 33.3 Å². The summed E-state index contributed by atoms with van der Waals surface area (Å²) in [6, 6.07) is 14.8. The third kappa shape index (κ3) is 5.85. The van der Waals surface area contributed by atoms with Crippen LogP contribution in [0.3, 0.4) is 0 Å². The number of aromatic nitrogens is 2. The maximum absolute atomic E-state index is 12.5. The van der Waals surface area contributed by atoms with Crippen LogP contribution in [0.1, 0.15) is 55.3 Å². The highest BCUT2D eigenvalue weighted by Crippen LogP contribution is 2.34. The first-order valence-corrected chi connectivity index (χ1v) is 13.0. The standard InChI is InChI=1S/C29H34N4O2S/c1-18-12-22-15-30-32-27(25(22)13-19(18)2)31-20(3)26-14-23(17-36-26)24-11-9-8-10-21(24)16-33(7)28(34)35-29(4,5)6/h8-15,17,20H,16H2,1-7H3,(H,31,32). The van der Waals surface area contributed by atoms with E-state index < -0.39 is 5.60 Å². The lowest BCUT2D eigenvalue weighted by atomic mass is 10.0. The van der Waals surface area contributed by atoms with Crippen molar-refractivity contribution in [3.05, 3.63) is 75.6 Å². The Labute approximate surface area is 217 Å². The minimum atomic E-state index is -0.526. The van der Waals surface area contributed by atoms with E-state index in [2.05, 4.69) is 72.0 Å². The molecular formula is C29H34N4O2S. The average molecular weight is 503 g/mol. The molecular weight excluding hydrogens is 468 g/mol. The van der Waals surface area contributed by atoms with E-state index in [4.69, 9.17) is 4.74 Å². The number of carbonyl (C=O) groups excluding carboxylic acids is 1. The summed E-state index contributed by atoms with van der Waals surface area (Å²) in [6.45, 7) is 12.5. The van der Waals surface area contributed by atoms with Crippen LogP contribution in [0.2, 0.25) is 0 Å². The predicted octanol–water partition coefficient (Wildman–Crippen LogP) is 7.52. The Hall–Kier alpha value is -3.45. The number of rotatable bonds is 6. The van der Waals surface area contributed by atoms with E-state index in [1.165, 1.54) is 16.0 Å². The molecule has 7 heteroatoms. The SMILES string of the molecule is Cc1cc2cnnc(NC(C)c3cc(-c4ccccc4CN(C)C(=O)OC(C)(C)C)cs3)c2cc1C. The molecule has 0 aliphatic heterocycles. The molecule has 1 unspecified atom stereocenters. The maximum Gasteiger partial charge on any atom is 0.410 e. The van der Waals surface area contributed by atoms with Gasteiger partial charge in [0.25, 0.3) is 0 Å². The Kier molecular flexibility index (Phi) is 7.31. The predicted molar refractivity (Wildman–Crippen MR) is 149 cm³/mol. The summed E-state index contributed by atoms with van der Waals surface area (Å²) in [4.78, 5) is 15.3. The molecule has 0 aliphatic rings. The number of anilines is 1. The topological polar surface area (TPSA) is 67.4 Å². The number of thiophene rings is 1. The van der Waals surface area contributed by atoms with Crippen LogP contribution in [-0.4, -0.2) is 33.8 Å². The van der Waals surface area contributed by atoms with Crippen molar-refractivity contribution in [3.8, 4) is 11.1 Å². The Balaban J connectivity index is 1.54.